The molecule has 0 unspecified atom stereocenters. The molecule has 0 spiro atoms. The number of carbonyl (C=O) groups is 2. The molecule has 0 heterocycles. The number of hydrogen-bond donors (Lipinski definition) is 2. The third kappa shape index (κ3) is 14.4. The third-order valence-corrected chi connectivity index (χ3v) is 6.44. The fourth-order valence-electron chi connectivity index (χ4n) is 4.09. The van der Waals surface area contributed by atoms with Crippen molar-refractivity contribution >= 4 is 40.8 Å². The summed E-state index contributed by atoms with van der Waals surface area (Å²) < 4.78 is 0. The lowest BCUT2D eigenvalue weighted by Crippen LogP contribution is -2.26. The smallest absolute Gasteiger partial charge is 0.331 e. The second-order valence-electron chi connectivity index (χ2n) is 9.42. The Balaban J connectivity index is 1.74. The quantitative estimate of drug-likeness (QED) is 0.136. The van der Waals surface area contributed by atoms with Gasteiger partial charge in [0.2, 0.25) is 5.91 Å². The highest BCUT2D eigenvalue weighted by Gasteiger charge is 2.12. The molecule has 0 aliphatic carbocycles. The Morgan fingerprint density at radius 2 is 1.35 bits per heavy atom. The van der Waals surface area contributed by atoms with E-state index in [1.54, 1.807) is 23.3 Å². The first-order chi connectivity index (χ1) is 17.9. The molecule has 204 valence electrons. The Bertz CT molecular complexity index is 933. The summed E-state index contributed by atoms with van der Waals surface area (Å²) in [5.41, 5.74) is 2.45. The molecular formula is C29H40Cl2N2O4. The number of nitrogens with one attached hydrogen (secondary N) is 1. The second kappa shape index (κ2) is 18.2. The van der Waals surface area contributed by atoms with Gasteiger partial charge in [0.05, 0.1) is 0 Å². The number of anilines is 1. The Morgan fingerprint density at radius 1 is 0.811 bits per heavy atom. The van der Waals surface area contributed by atoms with Crippen LogP contribution in [0.1, 0.15) is 88.7 Å². The molecule has 0 atom stereocenters. The molecule has 2 N–H and O–H groups in total. The molecule has 0 bridgehead atoms. The highest BCUT2D eigenvalue weighted by atomic mass is 35.5. The van der Waals surface area contributed by atoms with Crippen LogP contribution in [-0.2, 0) is 27.5 Å². The zero-order valence-electron chi connectivity index (χ0n) is 21.8. The highest BCUT2D eigenvalue weighted by Crippen LogP contribution is 2.21. The minimum Gasteiger partial charge on any atom is -0.479 e. The van der Waals surface area contributed by atoms with Gasteiger partial charge in [-0.15, -0.1) is 0 Å². The van der Waals surface area contributed by atoms with E-state index in [9.17, 15) is 9.59 Å². The predicted octanol–water partition coefficient (Wildman–Crippen LogP) is 8.26. The molecule has 2 aromatic carbocycles. The fraction of sp³-hybridized carbons (Fsp3) is 0.517. The van der Waals surface area contributed by atoms with E-state index in [0.717, 1.165) is 29.7 Å². The minimum atomic E-state index is -1.06. The van der Waals surface area contributed by atoms with Crippen LogP contribution in [0.25, 0.3) is 0 Å². The maximum Gasteiger partial charge on any atom is 0.331 e. The maximum atomic E-state index is 12.3. The number of rotatable bonds is 19. The fourth-order valence-corrected chi connectivity index (χ4v) is 4.66. The number of halogens is 2. The lowest BCUT2D eigenvalue weighted by molar-refractivity contribution is -0.190. The average molecular weight is 552 g/mol. The van der Waals surface area contributed by atoms with E-state index < -0.39 is 12.6 Å². The van der Waals surface area contributed by atoms with E-state index in [1.807, 2.05) is 24.3 Å². The van der Waals surface area contributed by atoms with Gasteiger partial charge in [-0.1, -0.05) is 100 Å². The zero-order valence-corrected chi connectivity index (χ0v) is 23.3. The number of carbonyl (C=O) groups excluding carboxylic acids is 1. The van der Waals surface area contributed by atoms with Crippen LogP contribution in [0.15, 0.2) is 42.5 Å². The molecular weight excluding hydrogens is 511 g/mol. The lowest BCUT2D eigenvalue weighted by atomic mass is 10.1. The molecule has 8 heteroatoms. The van der Waals surface area contributed by atoms with Crippen molar-refractivity contribution in [2.75, 3.05) is 11.9 Å². The van der Waals surface area contributed by atoms with Crippen LogP contribution in [-0.4, -0.2) is 28.7 Å². The van der Waals surface area contributed by atoms with Gasteiger partial charge in [0.15, 0.2) is 6.61 Å². The molecule has 0 fully saturated rings. The molecule has 0 aliphatic heterocycles. The number of carboxylic acid groups (broad SMARTS) is 1. The van der Waals surface area contributed by atoms with Crippen LogP contribution in [0.5, 0.6) is 0 Å². The summed E-state index contributed by atoms with van der Waals surface area (Å²) in [6, 6.07) is 12.6. The van der Waals surface area contributed by atoms with E-state index >= 15 is 0 Å². The molecule has 37 heavy (non-hydrogen) atoms. The number of hydroxylamine groups is 2. The van der Waals surface area contributed by atoms with Crippen molar-refractivity contribution in [1.82, 2.24) is 5.06 Å². The maximum absolute atomic E-state index is 12.3. The van der Waals surface area contributed by atoms with Crippen LogP contribution in [0.2, 0.25) is 10.0 Å². The number of benzene rings is 2. The largest absolute Gasteiger partial charge is 0.479 e. The molecule has 6 nitrogen and oxygen atoms in total. The molecule has 0 saturated heterocycles. The van der Waals surface area contributed by atoms with Crippen LogP contribution >= 0.6 is 23.2 Å². The van der Waals surface area contributed by atoms with Gasteiger partial charge in [-0.2, -0.15) is 5.06 Å². The zero-order chi connectivity index (χ0) is 26.9. The first-order valence-corrected chi connectivity index (χ1v) is 14.0. The molecule has 1 amide bonds. The van der Waals surface area contributed by atoms with E-state index in [4.69, 9.17) is 33.1 Å². The van der Waals surface area contributed by atoms with Gasteiger partial charge in [-0.25, -0.2) is 4.79 Å². The van der Waals surface area contributed by atoms with Crippen molar-refractivity contribution in [2.45, 2.75) is 90.6 Å². The number of nitrogens with zero attached hydrogens (tertiary/aromatic N) is 1. The average Bonchev–Trinajstić information content (AvgIpc) is 2.84. The number of unbranched alkanes of at least 4 members (excludes halogenated alkanes) is 9. The normalized spacial score (nSPS) is 11.1. The Morgan fingerprint density at radius 3 is 1.92 bits per heavy atom. The number of carboxylic acids is 1. The summed E-state index contributed by atoms with van der Waals surface area (Å²) in [6.07, 6.45) is 12.9. The summed E-state index contributed by atoms with van der Waals surface area (Å²) in [5, 5.41) is 14.5. The van der Waals surface area contributed by atoms with E-state index in [0.29, 0.717) is 29.6 Å². The van der Waals surface area contributed by atoms with E-state index in [-0.39, 0.29) is 5.91 Å². The van der Waals surface area contributed by atoms with E-state index in [1.165, 1.54) is 51.4 Å². The lowest BCUT2D eigenvalue weighted by Gasteiger charge is -2.21. The number of hydrogen-bond acceptors (Lipinski definition) is 4. The van der Waals surface area contributed by atoms with Gasteiger partial charge >= 0.3 is 5.97 Å². The second-order valence-corrected chi connectivity index (χ2v) is 10.3. The molecule has 2 aromatic rings. The van der Waals surface area contributed by atoms with Gasteiger partial charge in [0.25, 0.3) is 0 Å². The number of amides is 1. The number of aliphatic carboxylic acids is 1. The Hall–Kier alpha value is -2.12. The van der Waals surface area contributed by atoms with Crippen LogP contribution < -0.4 is 5.32 Å². The van der Waals surface area contributed by atoms with Gasteiger partial charge in [-0.05, 0) is 47.9 Å². The monoisotopic (exact) mass is 550 g/mol. The van der Waals surface area contributed by atoms with E-state index in [2.05, 4.69) is 12.2 Å². The summed E-state index contributed by atoms with van der Waals surface area (Å²) in [6.45, 7) is 2.44. The molecule has 0 radical (unpaired) electrons. The first kappa shape index (κ1) is 31.1. The SMILES string of the molecule is CCCCCCCCCCCCC(=O)Nc1ccc(CN(Cc2cc(Cl)cc(Cl)c2)OCC(=O)O)cc1. The van der Waals surface area contributed by atoms with Gasteiger partial charge < -0.3 is 10.4 Å². The third-order valence-electron chi connectivity index (χ3n) is 6.01. The molecule has 0 aromatic heterocycles. The summed E-state index contributed by atoms with van der Waals surface area (Å²) in [7, 11) is 0. The van der Waals surface area contributed by atoms with Crippen LogP contribution in [0.3, 0.4) is 0 Å². The van der Waals surface area contributed by atoms with Gasteiger partial charge in [0.1, 0.15) is 0 Å². The van der Waals surface area contributed by atoms with Crippen molar-refractivity contribution in [1.29, 1.82) is 0 Å². The molecule has 0 saturated carbocycles. The minimum absolute atomic E-state index is 0.0246. The molecule has 0 aliphatic rings. The Kier molecular flexibility index (Phi) is 15.3. The summed E-state index contributed by atoms with van der Waals surface area (Å²) in [4.78, 5) is 28.8. The van der Waals surface area contributed by atoms with Gasteiger partial charge in [0, 0.05) is 35.2 Å². The van der Waals surface area contributed by atoms with Gasteiger partial charge in [-0.3, -0.25) is 9.63 Å². The van der Waals surface area contributed by atoms with Crippen molar-refractivity contribution < 1.29 is 19.5 Å². The van der Waals surface area contributed by atoms with Crippen molar-refractivity contribution in [2.24, 2.45) is 0 Å². The van der Waals surface area contributed by atoms with Crippen molar-refractivity contribution in [3.8, 4) is 0 Å². The van der Waals surface area contributed by atoms with Crippen LogP contribution in [0, 0.1) is 0 Å². The first-order valence-electron chi connectivity index (χ1n) is 13.3. The Labute approximate surface area is 231 Å². The standard InChI is InChI=1S/C29H40Cl2N2O4/c1-2-3-4-5-6-7-8-9-10-11-12-28(34)32-27-15-13-23(14-16-27)20-33(37-22-29(35)36)21-24-17-25(30)19-26(31)18-24/h13-19H,2-12,20-22H2,1H3,(H,32,34)(H,35,36). The summed E-state index contributed by atoms with van der Waals surface area (Å²) in [5.74, 6) is -1.04. The summed E-state index contributed by atoms with van der Waals surface area (Å²) >= 11 is 12.2. The highest BCUT2D eigenvalue weighted by molar-refractivity contribution is 6.34. The topological polar surface area (TPSA) is 78.9 Å². The van der Waals surface area contributed by atoms with Crippen molar-refractivity contribution in [3.63, 3.8) is 0 Å². The predicted molar refractivity (Wildman–Crippen MR) is 151 cm³/mol. The molecule has 2 rings (SSSR count). The van der Waals surface area contributed by atoms with Crippen LogP contribution in [0.4, 0.5) is 5.69 Å². The van der Waals surface area contributed by atoms with Crippen molar-refractivity contribution in [3.05, 3.63) is 63.6 Å².